The Morgan fingerprint density at radius 3 is 2.33 bits per heavy atom. The highest BCUT2D eigenvalue weighted by Crippen LogP contribution is 2.31. The SMILES string of the molecule is CNCc1cc(S(=O)(=O)NC2(C)CCCC2)c(C)cc1C. The van der Waals surface area contributed by atoms with Crippen LogP contribution in [0.15, 0.2) is 17.0 Å². The van der Waals surface area contributed by atoms with Crippen LogP contribution in [-0.4, -0.2) is 21.0 Å². The lowest BCUT2D eigenvalue weighted by Gasteiger charge is -2.25. The first-order valence-corrected chi connectivity index (χ1v) is 9.04. The predicted molar refractivity (Wildman–Crippen MR) is 85.9 cm³/mol. The zero-order valence-electron chi connectivity index (χ0n) is 13.4. The van der Waals surface area contributed by atoms with Gasteiger partial charge in [-0.15, -0.1) is 0 Å². The summed E-state index contributed by atoms with van der Waals surface area (Å²) in [5.41, 5.74) is 2.66. The minimum atomic E-state index is -3.47. The lowest BCUT2D eigenvalue weighted by molar-refractivity contribution is 0.427. The molecule has 0 saturated heterocycles. The number of rotatable bonds is 5. The first-order valence-electron chi connectivity index (χ1n) is 7.56. The molecule has 1 aliphatic carbocycles. The Balaban J connectivity index is 2.37. The normalized spacial score (nSPS) is 18.1. The van der Waals surface area contributed by atoms with Crippen molar-refractivity contribution in [3.05, 3.63) is 28.8 Å². The minimum absolute atomic E-state index is 0.292. The first-order chi connectivity index (χ1) is 9.77. The summed E-state index contributed by atoms with van der Waals surface area (Å²) in [6.45, 7) is 6.56. The number of hydrogen-bond donors (Lipinski definition) is 2. The van der Waals surface area contributed by atoms with Crippen LogP contribution in [0.4, 0.5) is 0 Å². The number of aryl methyl sites for hydroxylation is 2. The van der Waals surface area contributed by atoms with E-state index in [0.717, 1.165) is 42.4 Å². The van der Waals surface area contributed by atoms with E-state index in [0.29, 0.717) is 11.4 Å². The van der Waals surface area contributed by atoms with Gasteiger partial charge in [-0.3, -0.25) is 0 Å². The van der Waals surface area contributed by atoms with Crippen molar-refractivity contribution in [3.8, 4) is 0 Å². The van der Waals surface area contributed by atoms with Crippen LogP contribution in [0, 0.1) is 13.8 Å². The molecule has 1 aromatic rings. The molecule has 5 heteroatoms. The molecule has 0 aromatic heterocycles. The summed E-state index contributed by atoms with van der Waals surface area (Å²) >= 11 is 0. The second kappa shape index (κ2) is 6.07. The van der Waals surface area contributed by atoms with Gasteiger partial charge in [0.15, 0.2) is 0 Å². The number of benzene rings is 1. The highest BCUT2D eigenvalue weighted by Gasteiger charge is 2.34. The Morgan fingerprint density at radius 2 is 1.76 bits per heavy atom. The van der Waals surface area contributed by atoms with E-state index in [1.807, 2.05) is 40.0 Å². The Kier molecular flexibility index (Phi) is 4.76. The zero-order chi connectivity index (χ0) is 15.7. The topological polar surface area (TPSA) is 58.2 Å². The summed E-state index contributed by atoms with van der Waals surface area (Å²) in [7, 11) is -1.60. The quantitative estimate of drug-likeness (QED) is 0.879. The van der Waals surface area contributed by atoms with Gasteiger partial charge in [0.25, 0.3) is 0 Å². The van der Waals surface area contributed by atoms with E-state index in [9.17, 15) is 8.42 Å². The summed E-state index contributed by atoms with van der Waals surface area (Å²) in [5, 5.41) is 3.09. The maximum Gasteiger partial charge on any atom is 0.241 e. The van der Waals surface area contributed by atoms with Crippen molar-refractivity contribution in [2.24, 2.45) is 0 Å². The average Bonchev–Trinajstić information content (AvgIpc) is 2.78. The van der Waals surface area contributed by atoms with E-state index < -0.39 is 10.0 Å². The molecule has 1 aromatic carbocycles. The molecule has 2 N–H and O–H groups in total. The van der Waals surface area contributed by atoms with Crippen molar-refractivity contribution in [2.75, 3.05) is 7.05 Å². The van der Waals surface area contributed by atoms with Gasteiger partial charge >= 0.3 is 0 Å². The summed E-state index contributed by atoms with van der Waals surface area (Å²) < 4.78 is 28.4. The second-order valence-corrected chi connectivity index (χ2v) is 8.10. The third-order valence-electron chi connectivity index (χ3n) is 4.38. The van der Waals surface area contributed by atoms with Crippen LogP contribution in [0.3, 0.4) is 0 Å². The van der Waals surface area contributed by atoms with Crippen molar-refractivity contribution >= 4 is 10.0 Å². The molecule has 1 aliphatic rings. The van der Waals surface area contributed by atoms with Gasteiger partial charge in [0, 0.05) is 12.1 Å². The van der Waals surface area contributed by atoms with Gasteiger partial charge in [0.1, 0.15) is 0 Å². The molecule has 1 saturated carbocycles. The smallest absolute Gasteiger partial charge is 0.241 e. The Hall–Kier alpha value is -0.910. The zero-order valence-corrected chi connectivity index (χ0v) is 14.2. The van der Waals surface area contributed by atoms with Gasteiger partial charge in [0.2, 0.25) is 10.0 Å². The first kappa shape index (κ1) is 16.5. The summed E-state index contributed by atoms with van der Waals surface area (Å²) in [5.74, 6) is 0. The van der Waals surface area contributed by atoms with Crippen LogP contribution in [0.2, 0.25) is 0 Å². The summed E-state index contributed by atoms with van der Waals surface area (Å²) in [6, 6.07) is 3.76. The van der Waals surface area contributed by atoms with E-state index in [-0.39, 0.29) is 5.54 Å². The molecule has 0 radical (unpaired) electrons. The Bertz CT molecular complexity index is 617. The number of hydrogen-bond acceptors (Lipinski definition) is 3. The highest BCUT2D eigenvalue weighted by molar-refractivity contribution is 7.89. The maximum atomic E-state index is 12.8. The number of nitrogens with one attached hydrogen (secondary N) is 2. The molecular weight excluding hydrogens is 284 g/mol. The van der Waals surface area contributed by atoms with Gasteiger partial charge < -0.3 is 5.32 Å². The van der Waals surface area contributed by atoms with Crippen molar-refractivity contribution in [2.45, 2.75) is 63.4 Å². The molecule has 0 unspecified atom stereocenters. The molecule has 0 heterocycles. The van der Waals surface area contributed by atoms with Gasteiger partial charge in [-0.05, 0) is 63.4 Å². The van der Waals surface area contributed by atoms with Gasteiger partial charge in [-0.2, -0.15) is 0 Å². The maximum absolute atomic E-state index is 12.8. The van der Waals surface area contributed by atoms with E-state index in [1.54, 1.807) is 0 Å². The fourth-order valence-corrected chi connectivity index (χ4v) is 4.92. The standard InChI is InChI=1S/C16H26N2O2S/c1-12-9-13(2)15(10-14(12)11-17-4)21(19,20)18-16(3)7-5-6-8-16/h9-10,17-18H,5-8,11H2,1-4H3. The molecule has 4 nitrogen and oxygen atoms in total. The molecule has 0 atom stereocenters. The van der Waals surface area contributed by atoms with Crippen molar-refractivity contribution in [3.63, 3.8) is 0 Å². The molecule has 0 bridgehead atoms. The predicted octanol–water partition coefficient (Wildman–Crippen LogP) is 2.63. The van der Waals surface area contributed by atoms with Crippen LogP contribution < -0.4 is 10.0 Å². The monoisotopic (exact) mass is 310 g/mol. The summed E-state index contributed by atoms with van der Waals surface area (Å²) in [6.07, 6.45) is 4.02. The molecule has 118 valence electrons. The molecule has 2 rings (SSSR count). The molecule has 1 fully saturated rings. The van der Waals surface area contributed by atoms with Crippen LogP contribution in [0.25, 0.3) is 0 Å². The van der Waals surface area contributed by atoms with Gasteiger partial charge in [-0.25, -0.2) is 13.1 Å². The van der Waals surface area contributed by atoms with Crippen LogP contribution >= 0.6 is 0 Å². The van der Waals surface area contributed by atoms with Gasteiger partial charge in [-0.1, -0.05) is 18.9 Å². The molecular formula is C16H26N2O2S. The van der Waals surface area contributed by atoms with E-state index in [2.05, 4.69) is 10.0 Å². The van der Waals surface area contributed by atoms with Crippen molar-refractivity contribution < 1.29 is 8.42 Å². The highest BCUT2D eigenvalue weighted by atomic mass is 32.2. The van der Waals surface area contributed by atoms with Crippen molar-refractivity contribution in [1.82, 2.24) is 10.0 Å². The third kappa shape index (κ3) is 3.65. The second-order valence-electron chi connectivity index (χ2n) is 6.45. The van der Waals surface area contributed by atoms with E-state index in [1.165, 1.54) is 0 Å². The minimum Gasteiger partial charge on any atom is -0.316 e. The molecule has 21 heavy (non-hydrogen) atoms. The molecule has 0 amide bonds. The lowest BCUT2D eigenvalue weighted by atomic mass is 10.0. The fraction of sp³-hybridized carbons (Fsp3) is 0.625. The fourth-order valence-electron chi connectivity index (χ4n) is 3.18. The Morgan fingerprint density at radius 1 is 1.14 bits per heavy atom. The van der Waals surface area contributed by atoms with Gasteiger partial charge in [0.05, 0.1) is 4.90 Å². The van der Waals surface area contributed by atoms with Crippen LogP contribution in [0.1, 0.15) is 49.3 Å². The van der Waals surface area contributed by atoms with Crippen molar-refractivity contribution in [1.29, 1.82) is 0 Å². The Labute approximate surface area is 128 Å². The third-order valence-corrected chi connectivity index (χ3v) is 6.16. The van der Waals surface area contributed by atoms with E-state index >= 15 is 0 Å². The molecule has 0 aliphatic heterocycles. The van der Waals surface area contributed by atoms with Crippen LogP contribution in [-0.2, 0) is 16.6 Å². The average molecular weight is 310 g/mol. The summed E-state index contributed by atoms with van der Waals surface area (Å²) in [4.78, 5) is 0.409. The number of sulfonamides is 1. The largest absolute Gasteiger partial charge is 0.316 e. The lowest BCUT2D eigenvalue weighted by Crippen LogP contribution is -2.43. The molecule has 0 spiro atoms. The van der Waals surface area contributed by atoms with Crippen LogP contribution in [0.5, 0.6) is 0 Å². The van der Waals surface area contributed by atoms with E-state index in [4.69, 9.17) is 0 Å².